The monoisotopic (exact) mass is 484 g/mol. The van der Waals surface area contributed by atoms with Crippen LogP contribution in [0.15, 0.2) is 34.9 Å². The van der Waals surface area contributed by atoms with Gasteiger partial charge >= 0.3 is 11.9 Å². The molecule has 0 amide bonds. The normalized spacial score (nSPS) is 22.5. The Hall–Kier alpha value is -1.73. The standard InChI is InChI=1S/C23H33BrO6/c1-4-5-6-7-8-12-15-23(28)16-18(24)22(27)21(23)19(30-17(2)25)13-10-9-11-14-20(26)29-3/h8,10,12-13,16,19,21,28H,4-7,9,11,14-15H2,1-3H3/b12-8-,13-10+. The van der Waals surface area contributed by atoms with E-state index in [4.69, 9.17) is 4.74 Å². The molecule has 0 aromatic heterocycles. The van der Waals surface area contributed by atoms with Crippen molar-refractivity contribution < 1.29 is 29.0 Å². The van der Waals surface area contributed by atoms with E-state index in [0.29, 0.717) is 12.8 Å². The van der Waals surface area contributed by atoms with Crippen LogP contribution in [-0.4, -0.2) is 41.6 Å². The Morgan fingerprint density at radius 3 is 2.57 bits per heavy atom. The number of hydrogen-bond acceptors (Lipinski definition) is 6. The van der Waals surface area contributed by atoms with Gasteiger partial charge in [-0.3, -0.25) is 14.4 Å². The van der Waals surface area contributed by atoms with Crippen LogP contribution in [0.2, 0.25) is 0 Å². The van der Waals surface area contributed by atoms with Gasteiger partial charge in [0.2, 0.25) is 0 Å². The number of rotatable bonds is 13. The van der Waals surface area contributed by atoms with Crippen molar-refractivity contribution in [3.8, 4) is 0 Å². The van der Waals surface area contributed by atoms with E-state index in [9.17, 15) is 19.5 Å². The molecule has 0 bridgehead atoms. The number of ether oxygens (including phenoxy) is 2. The van der Waals surface area contributed by atoms with Crippen molar-refractivity contribution in [1.82, 2.24) is 0 Å². The zero-order valence-electron chi connectivity index (χ0n) is 18.1. The first-order valence-electron chi connectivity index (χ1n) is 10.5. The molecule has 3 unspecified atom stereocenters. The summed E-state index contributed by atoms with van der Waals surface area (Å²) in [5.74, 6) is -2.07. The summed E-state index contributed by atoms with van der Waals surface area (Å²) in [6, 6.07) is 0. The highest BCUT2D eigenvalue weighted by molar-refractivity contribution is 9.12. The predicted octanol–water partition coefficient (Wildman–Crippen LogP) is 4.55. The van der Waals surface area contributed by atoms with Crippen LogP contribution in [-0.2, 0) is 23.9 Å². The van der Waals surface area contributed by atoms with Gasteiger partial charge in [-0.05, 0) is 60.2 Å². The Morgan fingerprint density at radius 1 is 1.23 bits per heavy atom. The molecule has 1 aliphatic carbocycles. The zero-order chi connectivity index (χ0) is 22.6. The van der Waals surface area contributed by atoms with Crippen molar-refractivity contribution in [2.24, 2.45) is 5.92 Å². The van der Waals surface area contributed by atoms with Gasteiger partial charge in [0.15, 0.2) is 5.78 Å². The summed E-state index contributed by atoms with van der Waals surface area (Å²) in [4.78, 5) is 35.6. The van der Waals surface area contributed by atoms with Crippen molar-refractivity contribution in [3.05, 3.63) is 34.9 Å². The summed E-state index contributed by atoms with van der Waals surface area (Å²) in [5, 5.41) is 11.2. The Balaban J connectivity index is 2.88. The summed E-state index contributed by atoms with van der Waals surface area (Å²) in [6.07, 6.45) is 13.8. The average molecular weight is 485 g/mol. The molecule has 6 nitrogen and oxygen atoms in total. The van der Waals surface area contributed by atoms with Crippen molar-refractivity contribution in [2.75, 3.05) is 7.11 Å². The lowest BCUT2D eigenvalue weighted by Crippen LogP contribution is -2.44. The van der Waals surface area contributed by atoms with E-state index in [0.717, 1.165) is 25.7 Å². The maximum atomic E-state index is 12.7. The van der Waals surface area contributed by atoms with Gasteiger partial charge in [0, 0.05) is 13.3 Å². The highest BCUT2D eigenvalue weighted by Gasteiger charge is 2.50. The Kier molecular flexibility index (Phi) is 11.9. The zero-order valence-corrected chi connectivity index (χ0v) is 19.7. The molecule has 1 aliphatic rings. The van der Waals surface area contributed by atoms with Crippen LogP contribution in [0.25, 0.3) is 0 Å². The minimum absolute atomic E-state index is 0.249. The van der Waals surface area contributed by atoms with Gasteiger partial charge in [-0.25, -0.2) is 0 Å². The maximum Gasteiger partial charge on any atom is 0.305 e. The van der Waals surface area contributed by atoms with Gasteiger partial charge < -0.3 is 14.6 Å². The second-order valence-corrected chi connectivity index (χ2v) is 8.32. The molecule has 0 aliphatic heterocycles. The number of unbranched alkanes of at least 4 members (excludes halogenated alkanes) is 4. The number of esters is 2. The Bertz CT molecular complexity index is 681. The molecule has 0 aromatic carbocycles. The number of halogens is 1. The van der Waals surface area contributed by atoms with Crippen molar-refractivity contribution >= 4 is 33.7 Å². The van der Waals surface area contributed by atoms with Gasteiger partial charge in [-0.2, -0.15) is 0 Å². The van der Waals surface area contributed by atoms with Crippen LogP contribution in [0.1, 0.15) is 65.2 Å². The lowest BCUT2D eigenvalue weighted by molar-refractivity contribution is -0.152. The molecule has 3 atom stereocenters. The fraction of sp³-hybridized carbons (Fsp3) is 0.609. The molecule has 0 spiro atoms. The molecular weight excluding hydrogens is 452 g/mol. The van der Waals surface area contributed by atoms with E-state index >= 15 is 0 Å². The molecule has 168 valence electrons. The molecule has 0 saturated heterocycles. The van der Waals surface area contributed by atoms with Crippen LogP contribution >= 0.6 is 15.9 Å². The molecule has 0 radical (unpaired) electrons. The third-order valence-electron chi connectivity index (χ3n) is 4.95. The van der Waals surface area contributed by atoms with Crippen LogP contribution < -0.4 is 0 Å². The lowest BCUT2D eigenvalue weighted by Gasteiger charge is -2.31. The topological polar surface area (TPSA) is 89.9 Å². The SMILES string of the molecule is CCCCC/C=C\CC1(O)C=C(Br)C(=O)C1C(/C=C/CCCC(=O)OC)OC(C)=O. The van der Waals surface area contributed by atoms with E-state index in [2.05, 4.69) is 27.6 Å². The number of methoxy groups -OCH3 is 1. The van der Waals surface area contributed by atoms with Crippen molar-refractivity contribution in [3.63, 3.8) is 0 Å². The number of aliphatic hydroxyl groups is 1. The summed E-state index contributed by atoms with van der Waals surface area (Å²) in [6.45, 7) is 3.41. The first-order valence-corrected chi connectivity index (χ1v) is 11.2. The Morgan fingerprint density at radius 2 is 1.93 bits per heavy atom. The largest absolute Gasteiger partial charge is 0.469 e. The van der Waals surface area contributed by atoms with Crippen molar-refractivity contribution in [1.29, 1.82) is 0 Å². The van der Waals surface area contributed by atoms with Gasteiger partial charge in [0.1, 0.15) is 11.7 Å². The van der Waals surface area contributed by atoms with Gasteiger partial charge in [-0.15, -0.1) is 0 Å². The second-order valence-electron chi connectivity index (χ2n) is 7.47. The summed E-state index contributed by atoms with van der Waals surface area (Å²) >= 11 is 3.23. The number of hydrogen-bond donors (Lipinski definition) is 1. The molecule has 1 N–H and O–H groups in total. The average Bonchev–Trinajstić information content (AvgIpc) is 2.91. The molecule has 0 aromatic rings. The molecule has 7 heteroatoms. The first-order chi connectivity index (χ1) is 14.2. The summed E-state index contributed by atoms with van der Waals surface area (Å²) in [7, 11) is 1.34. The third-order valence-corrected chi connectivity index (χ3v) is 5.57. The predicted molar refractivity (Wildman–Crippen MR) is 119 cm³/mol. The van der Waals surface area contributed by atoms with E-state index in [1.807, 2.05) is 12.2 Å². The first kappa shape index (κ1) is 26.3. The minimum atomic E-state index is -1.45. The fourth-order valence-corrected chi connectivity index (χ4v) is 4.03. The third kappa shape index (κ3) is 8.56. The summed E-state index contributed by atoms with van der Waals surface area (Å²) in [5.41, 5.74) is -1.45. The number of Topliss-reactive ketones (excluding diaryl/α,β-unsaturated/α-hetero) is 1. The molecule has 1 rings (SSSR count). The lowest BCUT2D eigenvalue weighted by atomic mass is 9.82. The second kappa shape index (κ2) is 13.5. The minimum Gasteiger partial charge on any atom is -0.469 e. The van der Waals surface area contributed by atoms with E-state index < -0.39 is 23.6 Å². The number of ketones is 1. The molecular formula is C23H33BrO6. The van der Waals surface area contributed by atoms with E-state index in [1.54, 1.807) is 12.2 Å². The molecule has 0 fully saturated rings. The van der Waals surface area contributed by atoms with Crippen LogP contribution in [0.4, 0.5) is 0 Å². The smallest absolute Gasteiger partial charge is 0.305 e. The fourth-order valence-electron chi connectivity index (χ4n) is 3.38. The summed E-state index contributed by atoms with van der Waals surface area (Å²) < 4.78 is 10.3. The van der Waals surface area contributed by atoms with E-state index in [-0.39, 0.29) is 29.1 Å². The number of allylic oxidation sites excluding steroid dienone is 3. The molecule has 0 heterocycles. The van der Waals surface area contributed by atoms with E-state index in [1.165, 1.54) is 20.1 Å². The Labute approximate surface area is 187 Å². The van der Waals surface area contributed by atoms with Crippen molar-refractivity contribution in [2.45, 2.75) is 76.9 Å². The van der Waals surface area contributed by atoms with Crippen LogP contribution in [0.3, 0.4) is 0 Å². The van der Waals surface area contributed by atoms with Crippen LogP contribution in [0, 0.1) is 5.92 Å². The van der Waals surface area contributed by atoms with Gasteiger partial charge in [0.05, 0.1) is 17.5 Å². The maximum absolute atomic E-state index is 12.7. The van der Waals surface area contributed by atoms with Crippen LogP contribution in [0.5, 0.6) is 0 Å². The molecule has 0 saturated carbocycles. The highest BCUT2D eigenvalue weighted by atomic mass is 79.9. The van der Waals surface area contributed by atoms with Gasteiger partial charge in [-0.1, -0.05) is 38.0 Å². The number of carbonyl (C=O) groups is 3. The number of carbonyl (C=O) groups excluding carboxylic acids is 3. The molecule has 30 heavy (non-hydrogen) atoms. The quantitative estimate of drug-likeness (QED) is 0.234. The van der Waals surface area contributed by atoms with Gasteiger partial charge in [0.25, 0.3) is 0 Å². The highest BCUT2D eigenvalue weighted by Crippen LogP contribution is 2.40.